The van der Waals surface area contributed by atoms with Crippen LogP contribution in [0.15, 0.2) is 18.2 Å². The first kappa shape index (κ1) is 18.6. The fraction of sp³-hybridized carbons (Fsp3) is 0.444. The number of piperazine rings is 1. The molecule has 2 heterocycles. The third-order valence-corrected chi connectivity index (χ3v) is 5.61. The monoisotopic (exact) mass is 378 g/mol. The quantitative estimate of drug-likeness (QED) is 0.778. The van der Waals surface area contributed by atoms with Crippen LogP contribution in [0, 0.1) is 0 Å². The van der Waals surface area contributed by atoms with Crippen LogP contribution in [0.1, 0.15) is 22.5 Å². The summed E-state index contributed by atoms with van der Waals surface area (Å²) in [5, 5.41) is 11.5. The molecule has 1 N–H and O–H groups in total. The van der Waals surface area contributed by atoms with Gasteiger partial charge in [0.15, 0.2) is 17.3 Å². The Hall–Kier alpha value is -2.16. The second kappa shape index (κ2) is 8.03. The summed E-state index contributed by atoms with van der Waals surface area (Å²) in [6.45, 7) is 1.87. The van der Waals surface area contributed by atoms with Gasteiger partial charge in [0.1, 0.15) is 0 Å². The zero-order chi connectivity index (χ0) is 18.7. The van der Waals surface area contributed by atoms with E-state index in [-0.39, 0.29) is 24.5 Å². The Bertz CT molecular complexity index is 770. The summed E-state index contributed by atoms with van der Waals surface area (Å²) < 4.78 is 11.5. The Balaban J connectivity index is 1.65. The number of carbonyl (C=O) groups is 2. The van der Waals surface area contributed by atoms with E-state index in [2.05, 4.69) is 0 Å². The van der Waals surface area contributed by atoms with Crippen LogP contribution in [0.4, 0.5) is 0 Å². The maximum atomic E-state index is 12.5. The van der Waals surface area contributed by atoms with E-state index in [1.54, 1.807) is 19.1 Å². The second-order valence-electron chi connectivity index (χ2n) is 6.11. The van der Waals surface area contributed by atoms with Crippen LogP contribution < -0.4 is 9.47 Å². The highest BCUT2D eigenvalue weighted by atomic mass is 32.1. The standard InChI is InChI=1S/C18H22N2O5S/c1-24-14-9-12-10-17(26-16(12)11-15(14)25-2)13(21)3-4-18(22)19-5-7-20(23)8-6-19/h9-11,23H,3-8H2,1-2H3. The molecule has 1 aliphatic heterocycles. The van der Waals surface area contributed by atoms with Crippen molar-refractivity contribution in [3.63, 3.8) is 0 Å². The number of fused-ring (bicyclic) bond motifs is 1. The van der Waals surface area contributed by atoms with E-state index in [0.717, 1.165) is 10.1 Å². The highest BCUT2D eigenvalue weighted by molar-refractivity contribution is 7.20. The normalized spacial score (nSPS) is 15.3. The highest BCUT2D eigenvalue weighted by Gasteiger charge is 2.21. The highest BCUT2D eigenvalue weighted by Crippen LogP contribution is 2.36. The van der Waals surface area contributed by atoms with Crippen molar-refractivity contribution < 1.29 is 24.3 Å². The van der Waals surface area contributed by atoms with Gasteiger partial charge in [0.2, 0.25) is 5.91 Å². The number of hydrogen-bond acceptors (Lipinski definition) is 7. The van der Waals surface area contributed by atoms with Gasteiger partial charge in [0, 0.05) is 49.8 Å². The lowest BCUT2D eigenvalue weighted by Crippen LogP contribution is -2.47. The molecule has 1 aliphatic rings. The van der Waals surface area contributed by atoms with Crippen LogP contribution in [0.2, 0.25) is 0 Å². The Kier molecular flexibility index (Phi) is 5.75. The van der Waals surface area contributed by atoms with Crippen LogP contribution in [-0.2, 0) is 4.79 Å². The molecule has 0 radical (unpaired) electrons. The average molecular weight is 378 g/mol. The van der Waals surface area contributed by atoms with E-state index in [1.165, 1.54) is 16.4 Å². The van der Waals surface area contributed by atoms with Gasteiger partial charge >= 0.3 is 0 Å². The summed E-state index contributed by atoms with van der Waals surface area (Å²) in [5.74, 6) is 1.16. The van der Waals surface area contributed by atoms with Crippen LogP contribution >= 0.6 is 11.3 Å². The predicted octanol–water partition coefficient (Wildman–Crippen LogP) is 2.41. The number of ether oxygens (including phenoxy) is 2. The van der Waals surface area contributed by atoms with Gasteiger partial charge < -0.3 is 19.6 Å². The van der Waals surface area contributed by atoms with Crippen LogP contribution in [0.3, 0.4) is 0 Å². The first-order valence-corrected chi connectivity index (χ1v) is 9.24. The number of carbonyl (C=O) groups excluding carboxylic acids is 2. The summed E-state index contributed by atoms with van der Waals surface area (Å²) >= 11 is 1.39. The molecule has 1 aromatic carbocycles. The lowest BCUT2D eigenvalue weighted by Gasteiger charge is -2.31. The molecule has 1 amide bonds. The van der Waals surface area contributed by atoms with Gasteiger partial charge in [-0.05, 0) is 17.5 Å². The third kappa shape index (κ3) is 3.98. The average Bonchev–Trinajstić information content (AvgIpc) is 3.08. The summed E-state index contributed by atoms with van der Waals surface area (Å²) in [5.41, 5.74) is 0. The minimum absolute atomic E-state index is 0.0433. The zero-order valence-electron chi connectivity index (χ0n) is 14.9. The molecule has 0 atom stereocenters. The van der Waals surface area contributed by atoms with Crippen molar-refractivity contribution in [1.82, 2.24) is 9.96 Å². The van der Waals surface area contributed by atoms with E-state index in [0.29, 0.717) is 42.6 Å². The predicted molar refractivity (Wildman–Crippen MR) is 98.4 cm³/mol. The largest absolute Gasteiger partial charge is 0.493 e. The van der Waals surface area contributed by atoms with Crippen molar-refractivity contribution in [3.05, 3.63) is 23.1 Å². The minimum Gasteiger partial charge on any atom is -0.493 e. The van der Waals surface area contributed by atoms with Gasteiger partial charge in [0.25, 0.3) is 0 Å². The molecule has 0 spiro atoms. The molecule has 7 nitrogen and oxygen atoms in total. The summed E-state index contributed by atoms with van der Waals surface area (Å²) in [6, 6.07) is 5.54. The number of rotatable bonds is 6. The zero-order valence-corrected chi connectivity index (χ0v) is 15.7. The molecule has 0 bridgehead atoms. The molecule has 0 saturated carbocycles. The molecular weight excluding hydrogens is 356 g/mol. The number of ketones is 1. The van der Waals surface area contributed by atoms with Crippen LogP contribution in [-0.4, -0.2) is 67.3 Å². The Labute approximate surface area is 155 Å². The van der Waals surface area contributed by atoms with Gasteiger partial charge in [-0.15, -0.1) is 11.3 Å². The van der Waals surface area contributed by atoms with Crippen molar-refractivity contribution in [2.24, 2.45) is 0 Å². The van der Waals surface area contributed by atoms with E-state index < -0.39 is 0 Å². The van der Waals surface area contributed by atoms with Crippen LogP contribution in [0.25, 0.3) is 10.1 Å². The minimum atomic E-state index is -0.0455. The number of nitrogens with zero attached hydrogens (tertiary/aromatic N) is 2. The second-order valence-corrected chi connectivity index (χ2v) is 7.20. The molecule has 26 heavy (non-hydrogen) atoms. The van der Waals surface area contributed by atoms with Gasteiger partial charge in [-0.1, -0.05) is 0 Å². The van der Waals surface area contributed by atoms with E-state index in [9.17, 15) is 14.8 Å². The van der Waals surface area contributed by atoms with E-state index in [1.807, 2.05) is 18.2 Å². The van der Waals surface area contributed by atoms with Crippen LogP contribution in [0.5, 0.6) is 11.5 Å². The van der Waals surface area contributed by atoms with Crippen molar-refractivity contribution in [1.29, 1.82) is 0 Å². The van der Waals surface area contributed by atoms with Gasteiger partial charge in [-0.2, -0.15) is 5.06 Å². The number of hydroxylamine groups is 2. The molecule has 3 rings (SSSR count). The fourth-order valence-corrected chi connectivity index (χ4v) is 3.99. The van der Waals surface area contributed by atoms with Gasteiger partial charge in [-0.25, -0.2) is 0 Å². The molecule has 140 valence electrons. The Morgan fingerprint density at radius 2 is 1.69 bits per heavy atom. The number of benzene rings is 1. The van der Waals surface area contributed by atoms with Crippen molar-refractivity contribution >= 4 is 33.1 Å². The lowest BCUT2D eigenvalue weighted by molar-refractivity contribution is -0.145. The summed E-state index contributed by atoms with van der Waals surface area (Å²) in [4.78, 5) is 27.0. The fourth-order valence-electron chi connectivity index (χ4n) is 2.95. The molecule has 2 aromatic rings. The maximum Gasteiger partial charge on any atom is 0.223 e. The van der Waals surface area contributed by atoms with E-state index in [4.69, 9.17) is 9.47 Å². The van der Waals surface area contributed by atoms with Crippen molar-refractivity contribution in [2.45, 2.75) is 12.8 Å². The molecule has 1 aromatic heterocycles. The number of hydrogen-bond donors (Lipinski definition) is 1. The first-order valence-electron chi connectivity index (χ1n) is 8.42. The molecule has 8 heteroatoms. The molecule has 0 aliphatic carbocycles. The Morgan fingerprint density at radius 3 is 2.35 bits per heavy atom. The summed E-state index contributed by atoms with van der Waals surface area (Å²) in [6.07, 6.45) is 0.365. The van der Waals surface area contributed by atoms with Gasteiger partial charge in [-0.3, -0.25) is 9.59 Å². The topological polar surface area (TPSA) is 79.3 Å². The number of methoxy groups -OCH3 is 2. The third-order valence-electron chi connectivity index (χ3n) is 4.47. The molecule has 1 saturated heterocycles. The summed E-state index contributed by atoms with van der Waals surface area (Å²) in [7, 11) is 3.15. The smallest absolute Gasteiger partial charge is 0.223 e. The van der Waals surface area contributed by atoms with Gasteiger partial charge in [0.05, 0.1) is 19.1 Å². The van der Waals surface area contributed by atoms with E-state index >= 15 is 0 Å². The van der Waals surface area contributed by atoms with Crippen molar-refractivity contribution in [3.8, 4) is 11.5 Å². The number of Topliss-reactive ketones (excluding diaryl/α,β-unsaturated/α-hetero) is 1. The SMILES string of the molecule is COc1cc2cc(C(=O)CCC(=O)N3CCN(O)CC3)sc2cc1OC. The van der Waals surface area contributed by atoms with Crippen molar-refractivity contribution in [2.75, 3.05) is 40.4 Å². The molecule has 1 fully saturated rings. The first-order chi connectivity index (χ1) is 12.5. The number of thiophene rings is 1. The molecular formula is C18H22N2O5S. The molecule has 0 unspecified atom stereocenters. The Morgan fingerprint density at radius 1 is 1.04 bits per heavy atom. The number of amides is 1. The maximum absolute atomic E-state index is 12.5. The lowest BCUT2D eigenvalue weighted by atomic mass is 10.1.